The van der Waals surface area contributed by atoms with Crippen LogP contribution in [-0.4, -0.2) is 36.8 Å². The third-order valence-electron chi connectivity index (χ3n) is 2.84. The Labute approximate surface area is 94.5 Å². The Morgan fingerprint density at radius 3 is 3.25 bits per heavy atom. The highest BCUT2D eigenvalue weighted by molar-refractivity contribution is 5.33. The van der Waals surface area contributed by atoms with E-state index in [1.165, 1.54) is 0 Å². The van der Waals surface area contributed by atoms with Gasteiger partial charge in [-0.15, -0.1) is 0 Å². The highest BCUT2D eigenvalue weighted by atomic mass is 16.5. The van der Waals surface area contributed by atoms with Crippen LogP contribution in [0.1, 0.15) is 12.8 Å². The second kappa shape index (κ2) is 5.12. The van der Waals surface area contributed by atoms with Gasteiger partial charge in [0, 0.05) is 32.6 Å². The van der Waals surface area contributed by atoms with Crippen LogP contribution in [0.3, 0.4) is 0 Å². The number of nitrogens with one attached hydrogen (secondary N) is 1. The lowest BCUT2D eigenvalue weighted by molar-refractivity contribution is 0.0576. The number of aromatic amines is 1. The summed E-state index contributed by atoms with van der Waals surface area (Å²) >= 11 is 0. The van der Waals surface area contributed by atoms with Crippen LogP contribution in [0.2, 0.25) is 0 Å². The first-order valence-corrected chi connectivity index (χ1v) is 5.60. The molecule has 0 radical (unpaired) electrons. The zero-order valence-electron chi connectivity index (χ0n) is 9.48. The fourth-order valence-electron chi connectivity index (χ4n) is 2.04. The number of aromatic nitrogens is 2. The first kappa shape index (κ1) is 11.1. The van der Waals surface area contributed by atoms with Gasteiger partial charge in [0.2, 0.25) is 0 Å². The molecule has 1 aliphatic heterocycles. The molecule has 1 N–H and O–H groups in total. The third-order valence-corrected chi connectivity index (χ3v) is 2.84. The van der Waals surface area contributed by atoms with Crippen molar-refractivity contribution in [3.05, 3.63) is 22.7 Å². The van der Waals surface area contributed by atoms with Crippen molar-refractivity contribution in [3.8, 4) is 0 Å². The lowest BCUT2D eigenvalue weighted by atomic mass is 10.0. The highest BCUT2D eigenvalue weighted by Gasteiger charge is 2.17. The Morgan fingerprint density at radius 1 is 1.69 bits per heavy atom. The fraction of sp³-hybridized carbons (Fsp3) is 0.636. The van der Waals surface area contributed by atoms with E-state index in [0.717, 1.165) is 32.6 Å². The minimum absolute atomic E-state index is 0.137. The zero-order chi connectivity index (χ0) is 11.4. The van der Waals surface area contributed by atoms with Crippen molar-refractivity contribution < 1.29 is 4.74 Å². The first-order valence-electron chi connectivity index (χ1n) is 5.60. The van der Waals surface area contributed by atoms with Gasteiger partial charge in [0.1, 0.15) is 0 Å². The van der Waals surface area contributed by atoms with Gasteiger partial charge in [0.05, 0.1) is 6.61 Å². The van der Waals surface area contributed by atoms with Gasteiger partial charge in [-0.25, -0.2) is 4.98 Å². The second-order valence-corrected chi connectivity index (χ2v) is 4.21. The first-order chi connectivity index (χ1) is 7.77. The predicted octanol–water partition coefficient (Wildman–Crippen LogP) is 0.633. The molecule has 0 spiro atoms. The maximum Gasteiger partial charge on any atom is 0.290 e. The van der Waals surface area contributed by atoms with E-state index >= 15 is 0 Å². The Balaban J connectivity index is 1.99. The lowest BCUT2D eigenvalue weighted by Crippen LogP contribution is -2.34. The fourth-order valence-corrected chi connectivity index (χ4v) is 2.04. The van der Waals surface area contributed by atoms with Crippen molar-refractivity contribution in [1.82, 2.24) is 9.97 Å². The normalized spacial score (nSPS) is 20.7. The Morgan fingerprint density at radius 2 is 2.56 bits per heavy atom. The van der Waals surface area contributed by atoms with E-state index in [-0.39, 0.29) is 5.56 Å². The van der Waals surface area contributed by atoms with Crippen molar-refractivity contribution in [2.75, 3.05) is 31.7 Å². The van der Waals surface area contributed by atoms with Gasteiger partial charge in [0.15, 0.2) is 5.82 Å². The molecule has 1 aromatic heterocycles. The maximum atomic E-state index is 11.5. The smallest absolute Gasteiger partial charge is 0.290 e. The SMILES string of the molecule is CN(CC1CCCOC1)c1ncc[nH]c1=O. The molecule has 1 aromatic rings. The molecule has 1 fully saturated rings. The Kier molecular flexibility index (Phi) is 3.56. The summed E-state index contributed by atoms with van der Waals surface area (Å²) in [5.41, 5.74) is -0.137. The van der Waals surface area contributed by atoms with Crippen LogP contribution < -0.4 is 10.5 Å². The standard InChI is InChI=1S/C11H17N3O2/c1-14(7-9-3-2-6-16-8-9)10-11(15)13-5-4-12-10/h4-5,9H,2-3,6-8H2,1H3,(H,13,15). The quantitative estimate of drug-likeness (QED) is 0.816. The van der Waals surface area contributed by atoms with Gasteiger partial charge >= 0.3 is 0 Å². The number of hydrogen-bond donors (Lipinski definition) is 1. The van der Waals surface area contributed by atoms with E-state index < -0.39 is 0 Å². The monoisotopic (exact) mass is 223 g/mol. The molecule has 1 atom stereocenters. The molecule has 1 unspecified atom stereocenters. The molecule has 0 aliphatic carbocycles. The van der Waals surface area contributed by atoms with Crippen molar-refractivity contribution in [3.63, 3.8) is 0 Å². The van der Waals surface area contributed by atoms with Crippen LogP contribution in [0.15, 0.2) is 17.2 Å². The molecule has 16 heavy (non-hydrogen) atoms. The number of rotatable bonds is 3. The van der Waals surface area contributed by atoms with Crippen LogP contribution >= 0.6 is 0 Å². The third kappa shape index (κ3) is 2.61. The summed E-state index contributed by atoms with van der Waals surface area (Å²) in [5, 5.41) is 0. The molecule has 2 heterocycles. The number of anilines is 1. The van der Waals surface area contributed by atoms with E-state index in [1.54, 1.807) is 12.4 Å². The maximum absolute atomic E-state index is 11.5. The van der Waals surface area contributed by atoms with Gasteiger partial charge in [-0.1, -0.05) is 0 Å². The van der Waals surface area contributed by atoms with Crippen LogP contribution in [0.5, 0.6) is 0 Å². The van der Waals surface area contributed by atoms with Crippen LogP contribution in [0.25, 0.3) is 0 Å². The summed E-state index contributed by atoms with van der Waals surface area (Å²) in [5.74, 6) is 0.980. The van der Waals surface area contributed by atoms with E-state index in [2.05, 4.69) is 9.97 Å². The summed E-state index contributed by atoms with van der Waals surface area (Å²) in [6.45, 7) is 2.47. The topological polar surface area (TPSA) is 58.2 Å². The predicted molar refractivity (Wildman–Crippen MR) is 61.7 cm³/mol. The van der Waals surface area contributed by atoms with Crippen molar-refractivity contribution in [2.45, 2.75) is 12.8 Å². The molecule has 0 saturated carbocycles. The van der Waals surface area contributed by atoms with Crippen LogP contribution in [-0.2, 0) is 4.74 Å². The lowest BCUT2D eigenvalue weighted by Gasteiger charge is -2.27. The van der Waals surface area contributed by atoms with Gasteiger partial charge in [0.25, 0.3) is 5.56 Å². The average molecular weight is 223 g/mol. The van der Waals surface area contributed by atoms with Crippen molar-refractivity contribution in [1.29, 1.82) is 0 Å². The number of ether oxygens (including phenoxy) is 1. The second-order valence-electron chi connectivity index (χ2n) is 4.21. The Bertz CT molecular complexity index is 385. The van der Waals surface area contributed by atoms with Gasteiger partial charge in [-0.3, -0.25) is 4.79 Å². The van der Waals surface area contributed by atoms with Crippen molar-refractivity contribution in [2.24, 2.45) is 5.92 Å². The zero-order valence-corrected chi connectivity index (χ0v) is 9.48. The molecule has 0 amide bonds. The molecule has 5 heteroatoms. The molecular formula is C11H17N3O2. The largest absolute Gasteiger partial charge is 0.381 e. The minimum atomic E-state index is -0.137. The molecule has 88 valence electrons. The van der Waals surface area contributed by atoms with E-state index in [0.29, 0.717) is 11.7 Å². The van der Waals surface area contributed by atoms with E-state index in [1.807, 2.05) is 11.9 Å². The number of hydrogen-bond acceptors (Lipinski definition) is 4. The Hall–Kier alpha value is -1.36. The molecule has 0 aromatic carbocycles. The van der Waals surface area contributed by atoms with Crippen LogP contribution in [0.4, 0.5) is 5.82 Å². The summed E-state index contributed by atoms with van der Waals surface area (Å²) in [6.07, 6.45) is 5.42. The number of nitrogens with zero attached hydrogens (tertiary/aromatic N) is 2. The van der Waals surface area contributed by atoms with Crippen LogP contribution in [0, 0.1) is 5.92 Å². The van der Waals surface area contributed by atoms with E-state index in [9.17, 15) is 4.79 Å². The summed E-state index contributed by atoms with van der Waals surface area (Å²) in [6, 6.07) is 0. The summed E-state index contributed by atoms with van der Waals surface area (Å²) in [7, 11) is 1.90. The molecular weight excluding hydrogens is 206 g/mol. The minimum Gasteiger partial charge on any atom is -0.381 e. The molecule has 2 rings (SSSR count). The van der Waals surface area contributed by atoms with Gasteiger partial charge in [-0.2, -0.15) is 0 Å². The molecule has 1 saturated heterocycles. The van der Waals surface area contributed by atoms with Crippen molar-refractivity contribution >= 4 is 5.82 Å². The average Bonchev–Trinajstić information content (AvgIpc) is 2.31. The number of H-pyrrole nitrogens is 1. The molecule has 5 nitrogen and oxygen atoms in total. The highest BCUT2D eigenvalue weighted by Crippen LogP contribution is 2.15. The van der Waals surface area contributed by atoms with E-state index in [4.69, 9.17) is 4.74 Å². The summed E-state index contributed by atoms with van der Waals surface area (Å²) in [4.78, 5) is 20.1. The molecule has 1 aliphatic rings. The molecule has 0 bridgehead atoms. The van der Waals surface area contributed by atoms with Gasteiger partial charge < -0.3 is 14.6 Å². The summed E-state index contributed by atoms with van der Waals surface area (Å²) < 4.78 is 5.42. The van der Waals surface area contributed by atoms with Gasteiger partial charge in [-0.05, 0) is 18.8 Å².